The third-order valence-electron chi connectivity index (χ3n) is 9.89. The normalized spacial score (nSPS) is 13.2. The van der Waals surface area contributed by atoms with Crippen molar-refractivity contribution in [1.29, 1.82) is 0 Å². The monoisotopic (exact) mass is 791 g/mol. The third kappa shape index (κ3) is 47.6. The maximum Gasteiger partial charge on any atom is 0.306 e. The topological polar surface area (TPSA) is 55.8 Å². The second kappa shape index (κ2) is 49.5. The first kappa shape index (κ1) is 54.3. The molecule has 326 valence electrons. The van der Waals surface area contributed by atoms with Crippen molar-refractivity contribution < 1.29 is 19.4 Å². The van der Waals surface area contributed by atoms with E-state index in [1.165, 1.54) is 116 Å². The maximum absolute atomic E-state index is 12.2. The summed E-state index contributed by atoms with van der Waals surface area (Å²) in [5, 5.41) is 9.63. The first-order valence-electron chi connectivity index (χ1n) is 23.8. The van der Waals surface area contributed by atoms with Gasteiger partial charge in [0, 0.05) is 13.0 Å². The van der Waals surface area contributed by atoms with Crippen molar-refractivity contribution in [3.05, 3.63) is 97.2 Å². The van der Waals surface area contributed by atoms with E-state index in [-0.39, 0.29) is 19.2 Å². The quantitative estimate of drug-likeness (QED) is 0.0380. The number of hydrogen-bond donors (Lipinski definition) is 1. The lowest BCUT2D eigenvalue weighted by Gasteiger charge is -2.16. The number of hydrogen-bond acceptors (Lipinski definition) is 4. The van der Waals surface area contributed by atoms with Crippen LogP contribution in [-0.2, 0) is 14.3 Å². The van der Waals surface area contributed by atoms with Gasteiger partial charge < -0.3 is 14.6 Å². The molecule has 0 fully saturated rings. The molecule has 4 nitrogen and oxygen atoms in total. The van der Waals surface area contributed by atoms with Gasteiger partial charge in [0.05, 0.1) is 13.2 Å². The molecule has 0 aromatic rings. The first-order chi connectivity index (χ1) is 28.2. The van der Waals surface area contributed by atoms with Crippen molar-refractivity contribution in [3.8, 4) is 0 Å². The number of rotatable bonds is 43. The van der Waals surface area contributed by atoms with Gasteiger partial charge in [0.1, 0.15) is 6.10 Å². The van der Waals surface area contributed by atoms with Gasteiger partial charge in [-0.05, 0) is 96.3 Å². The Morgan fingerprint density at radius 2 is 0.789 bits per heavy atom. The fraction of sp³-hybridized carbons (Fsp3) is 0.679. The fourth-order valence-electron chi connectivity index (χ4n) is 6.36. The van der Waals surface area contributed by atoms with Crippen LogP contribution < -0.4 is 0 Å². The predicted octanol–water partition coefficient (Wildman–Crippen LogP) is 16.1. The molecular formula is C53H90O4. The van der Waals surface area contributed by atoms with E-state index < -0.39 is 6.10 Å². The van der Waals surface area contributed by atoms with E-state index in [0.717, 1.165) is 70.6 Å². The second-order valence-corrected chi connectivity index (χ2v) is 15.4. The van der Waals surface area contributed by atoms with E-state index >= 15 is 0 Å². The summed E-state index contributed by atoms with van der Waals surface area (Å²) < 4.78 is 11.2. The minimum absolute atomic E-state index is 0.183. The average Bonchev–Trinajstić information content (AvgIpc) is 3.22. The molecule has 4 heteroatoms. The van der Waals surface area contributed by atoms with Gasteiger partial charge in [0.15, 0.2) is 0 Å². The molecule has 1 atom stereocenters. The van der Waals surface area contributed by atoms with Crippen LogP contribution >= 0.6 is 0 Å². The summed E-state index contributed by atoms with van der Waals surface area (Å²) in [6, 6.07) is 0. The molecule has 0 saturated carbocycles. The molecule has 0 aliphatic rings. The van der Waals surface area contributed by atoms with Crippen LogP contribution in [0.4, 0.5) is 0 Å². The van der Waals surface area contributed by atoms with Gasteiger partial charge in [0.2, 0.25) is 0 Å². The van der Waals surface area contributed by atoms with Crippen molar-refractivity contribution in [1.82, 2.24) is 0 Å². The second-order valence-electron chi connectivity index (χ2n) is 15.4. The van der Waals surface area contributed by atoms with Crippen LogP contribution in [0.1, 0.15) is 206 Å². The SMILES string of the molecule is CC/C=C\C/C=C\C/C=C\C/C=C\C/C=C\C/C=C\CCCCCCCCCOCC(CO)OC(=O)CCCCCCCCCCC/C=C\C/C=C\CCCCC. The Labute approximate surface area is 353 Å². The van der Waals surface area contributed by atoms with Crippen LogP contribution in [0.2, 0.25) is 0 Å². The molecule has 0 rings (SSSR count). The molecular weight excluding hydrogens is 701 g/mol. The summed E-state index contributed by atoms with van der Waals surface area (Å²) in [5.74, 6) is -0.212. The number of carbonyl (C=O) groups is 1. The lowest BCUT2D eigenvalue weighted by molar-refractivity contribution is -0.154. The van der Waals surface area contributed by atoms with E-state index in [2.05, 4.69) is 111 Å². The molecule has 0 aromatic carbocycles. The number of aliphatic hydroxyl groups is 1. The van der Waals surface area contributed by atoms with Gasteiger partial charge in [-0.1, -0.05) is 201 Å². The van der Waals surface area contributed by atoms with Crippen molar-refractivity contribution >= 4 is 5.97 Å². The van der Waals surface area contributed by atoms with E-state index in [1.807, 2.05) is 0 Å². The van der Waals surface area contributed by atoms with Crippen LogP contribution in [0.5, 0.6) is 0 Å². The molecule has 0 aliphatic heterocycles. The lowest BCUT2D eigenvalue weighted by atomic mass is 10.1. The molecule has 0 aromatic heterocycles. The largest absolute Gasteiger partial charge is 0.457 e. The third-order valence-corrected chi connectivity index (χ3v) is 9.89. The predicted molar refractivity (Wildman–Crippen MR) is 251 cm³/mol. The lowest BCUT2D eigenvalue weighted by Crippen LogP contribution is -2.27. The number of aliphatic hydroxyl groups excluding tert-OH is 1. The van der Waals surface area contributed by atoms with Gasteiger partial charge in [-0.2, -0.15) is 0 Å². The molecule has 57 heavy (non-hydrogen) atoms. The Balaban J connectivity index is 3.50. The number of unbranched alkanes of at least 4 members (excludes halogenated alkanes) is 19. The summed E-state index contributed by atoms with van der Waals surface area (Å²) in [7, 11) is 0. The van der Waals surface area contributed by atoms with E-state index in [4.69, 9.17) is 9.47 Å². The molecule has 0 spiro atoms. The zero-order valence-electron chi connectivity index (χ0n) is 37.3. The standard InChI is InChI=1S/C53H90O4/c1-3-5-7-9-11-13-15-17-19-21-23-24-25-26-27-28-29-31-33-35-37-39-41-43-45-47-49-56-51-52(50-54)57-53(55)48-46-44-42-40-38-36-34-32-30-22-20-18-16-14-12-10-8-6-4-2/h5,7,11-14,17-20,23-24,26-27,29,31,52,54H,3-4,6,8-10,15-16,21-22,25,28,30,32-51H2,1-2H3/b7-5-,13-11-,14-12-,19-17-,20-18-,24-23-,27-26-,31-29-. The summed E-state index contributed by atoms with van der Waals surface area (Å²) in [6.45, 7) is 5.17. The van der Waals surface area contributed by atoms with Crippen LogP contribution in [0.25, 0.3) is 0 Å². The Bertz CT molecular complexity index is 1060. The minimum Gasteiger partial charge on any atom is -0.457 e. The number of esters is 1. The first-order valence-corrected chi connectivity index (χ1v) is 23.8. The van der Waals surface area contributed by atoms with E-state index in [1.54, 1.807) is 0 Å². The smallest absolute Gasteiger partial charge is 0.306 e. The highest BCUT2D eigenvalue weighted by atomic mass is 16.6. The zero-order valence-corrected chi connectivity index (χ0v) is 37.3. The zero-order chi connectivity index (χ0) is 41.2. The Kier molecular flexibility index (Phi) is 47.1. The summed E-state index contributed by atoms with van der Waals surface area (Å²) in [4.78, 5) is 12.2. The maximum atomic E-state index is 12.2. The molecule has 0 amide bonds. The van der Waals surface area contributed by atoms with Crippen molar-refractivity contribution in [3.63, 3.8) is 0 Å². The van der Waals surface area contributed by atoms with E-state index in [0.29, 0.717) is 13.0 Å². The van der Waals surface area contributed by atoms with Crippen LogP contribution in [0, 0.1) is 0 Å². The molecule has 0 bridgehead atoms. The van der Waals surface area contributed by atoms with Crippen molar-refractivity contribution in [2.45, 2.75) is 213 Å². The van der Waals surface area contributed by atoms with Gasteiger partial charge in [-0.15, -0.1) is 0 Å². The van der Waals surface area contributed by atoms with Crippen LogP contribution in [0.3, 0.4) is 0 Å². The Hall–Kier alpha value is -2.69. The minimum atomic E-state index is -0.550. The average molecular weight is 791 g/mol. The van der Waals surface area contributed by atoms with Crippen molar-refractivity contribution in [2.24, 2.45) is 0 Å². The molecule has 1 N–H and O–H groups in total. The molecule has 0 aliphatic carbocycles. The van der Waals surface area contributed by atoms with Crippen molar-refractivity contribution in [2.75, 3.05) is 19.8 Å². The Morgan fingerprint density at radius 3 is 1.19 bits per heavy atom. The molecule has 0 heterocycles. The highest BCUT2D eigenvalue weighted by Crippen LogP contribution is 2.13. The van der Waals surface area contributed by atoms with Gasteiger partial charge in [-0.25, -0.2) is 0 Å². The van der Waals surface area contributed by atoms with Crippen LogP contribution in [0.15, 0.2) is 97.2 Å². The van der Waals surface area contributed by atoms with Gasteiger partial charge in [0.25, 0.3) is 0 Å². The highest BCUT2D eigenvalue weighted by Gasteiger charge is 2.13. The molecule has 0 saturated heterocycles. The number of allylic oxidation sites excluding steroid dienone is 16. The number of carbonyl (C=O) groups excluding carboxylic acids is 1. The number of ether oxygens (including phenoxy) is 2. The summed E-state index contributed by atoms with van der Waals surface area (Å²) >= 11 is 0. The Morgan fingerprint density at radius 1 is 0.439 bits per heavy atom. The van der Waals surface area contributed by atoms with E-state index in [9.17, 15) is 9.90 Å². The highest BCUT2D eigenvalue weighted by molar-refractivity contribution is 5.69. The van der Waals surface area contributed by atoms with Crippen LogP contribution in [-0.4, -0.2) is 37.0 Å². The molecule has 1 unspecified atom stereocenters. The van der Waals surface area contributed by atoms with Gasteiger partial charge in [-0.3, -0.25) is 4.79 Å². The summed E-state index contributed by atoms with van der Waals surface area (Å²) in [6.07, 6.45) is 70.5. The molecule has 0 radical (unpaired) electrons. The fourth-order valence-corrected chi connectivity index (χ4v) is 6.36. The summed E-state index contributed by atoms with van der Waals surface area (Å²) in [5.41, 5.74) is 0. The van der Waals surface area contributed by atoms with Gasteiger partial charge >= 0.3 is 5.97 Å².